The third-order valence-electron chi connectivity index (χ3n) is 4.40. The maximum atomic E-state index is 12.0. The first-order chi connectivity index (χ1) is 13.1. The molecule has 1 amide bonds. The molecule has 0 aliphatic carbocycles. The van der Waals surface area contributed by atoms with Crippen molar-refractivity contribution < 1.29 is 9.53 Å². The van der Waals surface area contributed by atoms with Crippen molar-refractivity contribution in [1.29, 1.82) is 0 Å². The minimum atomic E-state index is 0.0837. The van der Waals surface area contributed by atoms with Gasteiger partial charge in [0.25, 0.3) is 0 Å². The molecule has 0 radical (unpaired) electrons. The highest BCUT2D eigenvalue weighted by atomic mass is 32.1. The molecule has 1 aromatic heterocycles. The van der Waals surface area contributed by atoms with E-state index in [-0.39, 0.29) is 5.91 Å². The number of methoxy groups -OCH3 is 1. The largest absolute Gasteiger partial charge is 0.497 e. The molecule has 3 aromatic rings. The number of rotatable bonds is 8. The molecule has 0 saturated carbocycles. The lowest BCUT2D eigenvalue weighted by Gasteiger charge is -2.07. The van der Waals surface area contributed by atoms with Crippen LogP contribution in [0.2, 0.25) is 0 Å². The van der Waals surface area contributed by atoms with E-state index < -0.39 is 0 Å². The van der Waals surface area contributed by atoms with Gasteiger partial charge in [0, 0.05) is 23.9 Å². The molecule has 4 nitrogen and oxygen atoms in total. The van der Waals surface area contributed by atoms with E-state index in [9.17, 15) is 4.79 Å². The molecule has 0 unspecified atom stereocenters. The Kier molecular flexibility index (Phi) is 6.60. The summed E-state index contributed by atoms with van der Waals surface area (Å²) in [6.45, 7) is 2.66. The molecule has 5 heteroatoms. The molecule has 2 aromatic carbocycles. The zero-order valence-electron chi connectivity index (χ0n) is 15.7. The quantitative estimate of drug-likeness (QED) is 0.629. The number of thiazole rings is 1. The van der Waals surface area contributed by atoms with Crippen molar-refractivity contribution in [1.82, 2.24) is 10.3 Å². The molecular weight excluding hydrogens is 356 g/mol. The van der Waals surface area contributed by atoms with Crippen LogP contribution in [0.25, 0.3) is 11.3 Å². The first-order valence-electron chi connectivity index (χ1n) is 9.05. The lowest BCUT2D eigenvalue weighted by Crippen LogP contribution is -2.25. The van der Waals surface area contributed by atoms with Crippen LogP contribution in [0.3, 0.4) is 0 Å². The Morgan fingerprint density at radius 1 is 1.04 bits per heavy atom. The molecular formula is C22H24N2O2S. The number of carbonyl (C=O) groups excluding carboxylic acids is 1. The first-order valence-corrected chi connectivity index (χ1v) is 9.93. The Balaban J connectivity index is 1.40. The summed E-state index contributed by atoms with van der Waals surface area (Å²) in [6, 6.07) is 16.2. The van der Waals surface area contributed by atoms with E-state index in [1.165, 1.54) is 5.56 Å². The van der Waals surface area contributed by atoms with E-state index in [1.807, 2.05) is 31.2 Å². The third-order valence-corrected chi connectivity index (χ3v) is 5.18. The average Bonchev–Trinajstić information content (AvgIpc) is 3.13. The lowest BCUT2D eigenvalue weighted by molar-refractivity contribution is -0.121. The molecule has 1 heterocycles. The highest BCUT2D eigenvalue weighted by Gasteiger charge is 2.04. The van der Waals surface area contributed by atoms with Gasteiger partial charge in [0.05, 0.1) is 17.8 Å². The number of carbonyl (C=O) groups is 1. The van der Waals surface area contributed by atoms with Gasteiger partial charge in [-0.2, -0.15) is 0 Å². The Morgan fingerprint density at radius 3 is 2.33 bits per heavy atom. The van der Waals surface area contributed by atoms with Crippen molar-refractivity contribution in [3.8, 4) is 17.0 Å². The van der Waals surface area contributed by atoms with Crippen LogP contribution in [0, 0.1) is 6.92 Å². The number of hydrogen-bond acceptors (Lipinski definition) is 4. The Hall–Kier alpha value is -2.66. The fourth-order valence-corrected chi connectivity index (χ4v) is 3.44. The van der Waals surface area contributed by atoms with E-state index in [1.54, 1.807) is 18.4 Å². The second kappa shape index (κ2) is 9.33. The summed E-state index contributed by atoms with van der Waals surface area (Å²) in [5.41, 5.74) is 4.50. The van der Waals surface area contributed by atoms with E-state index in [0.717, 1.165) is 40.4 Å². The molecule has 27 heavy (non-hydrogen) atoms. The number of nitrogens with zero attached hydrogens (tertiary/aromatic N) is 1. The minimum Gasteiger partial charge on any atom is -0.497 e. The van der Waals surface area contributed by atoms with Crippen LogP contribution in [-0.4, -0.2) is 24.5 Å². The lowest BCUT2D eigenvalue weighted by atomic mass is 10.1. The van der Waals surface area contributed by atoms with Gasteiger partial charge in [-0.15, -0.1) is 11.3 Å². The van der Waals surface area contributed by atoms with E-state index in [4.69, 9.17) is 4.74 Å². The summed E-state index contributed by atoms with van der Waals surface area (Å²) >= 11 is 1.66. The SMILES string of the molecule is COc1ccc(CCC(=O)NCCc2ccc(-c3csc(C)n3)cc2)cc1. The van der Waals surface area contributed by atoms with Crippen molar-refractivity contribution in [2.75, 3.05) is 13.7 Å². The predicted molar refractivity (Wildman–Crippen MR) is 110 cm³/mol. The van der Waals surface area contributed by atoms with Gasteiger partial charge in [-0.1, -0.05) is 36.4 Å². The van der Waals surface area contributed by atoms with Crippen LogP contribution in [0.1, 0.15) is 22.6 Å². The van der Waals surface area contributed by atoms with Gasteiger partial charge >= 0.3 is 0 Å². The van der Waals surface area contributed by atoms with Gasteiger partial charge in [0.1, 0.15) is 5.75 Å². The highest BCUT2D eigenvalue weighted by Crippen LogP contribution is 2.21. The maximum absolute atomic E-state index is 12.0. The summed E-state index contributed by atoms with van der Waals surface area (Å²) in [7, 11) is 1.65. The van der Waals surface area contributed by atoms with Crippen LogP contribution in [-0.2, 0) is 17.6 Å². The number of ether oxygens (including phenoxy) is 1. The molecule has 0 atom stereocenters. The summed E-state index contributed by atoms with van der Waals surface area (Å²) in [5.74, 6) is 0.916. The molecule has 0 aliphatic rings. The molecule has 0 spiro atoms. The van der Waals surface area contributed by atoms with Gasteiger partial charge in [-0.25, -0.2) is 4.98 Å². The number of amides is 1. The minimum absolute atomic E-state index is 0.0837. The fraction of sp³-hybridized carbons (Fsp3) is 0.273. The molecule has 1 N–H and O–H groups in total. The normalized spacial score (nSPS) is 10.6. The fourth-order valence-electron chi connectivity index (χ4n) is 2.82. The van der Waals surface area contributed by atoms with Gasteiger partial charge in [-0.05, 0) is 43.0 Å². The van der Waals surface area contributed by atoms with Crippen molar-refractivity contribution in [3.05, 3.63) is 70.0 Å². The van der Waals surface area contributed by atoms with Crippen LogP contribution >= 0.6 is 11.3 Å². The summed E-state index contributed by atoms with van der Waals surface area (Å²) in [4.78, 5) is 16.5. The average molecular weight is 381 g/mol. The maximum Gasteiger partial charge on any atom is 0.220 e. The van der Waals surface area contributed by atoms with Crippen molar-refractivity contribution >= 4 is 17.2 Å². The zero-order valence-corrected chi connectivity index (χ0v) is 16.5. The van der Waals surface area contributed by atoms with Gasteiger partial charge < -0.3 is 10.1 Å². The van der Waals surface area contributed by atoms with Crippen molar-refractivity contribution in [2.45, 2.75) is 26.2 Å². The number of aromatic nitrogens is 1. The van der Waals surface area contributed by atoms with Crippen molar-refractivity contribution in [2.24, 2.45) is 0 Å². The number of nitrogens with one attached hydrogen (secondary N) is 1. The molecule has 0 aliphatic heterocycles. The zero-order chi connectivity index (χ0) is 19.1. The molecule has 0 bridgehead atoms. The Morgan fingerprint density at radius 2 is 1.70 bits per heavy atom. The molecule has 3 rings (SSSR count). The second-order valence-electron chi connectivity index (χ2n) is 6.40. The second-order valence-corrected chi connectivity index (χ2v) is 7.46. The topological polar surface area (TPSA) is 51.2 Å². The predicted octanol–water partition coefficient (Wildman–Crippen LogP) is 4.42. The summed E-state index contributed by atoms with van der Waals surface area (Å²) in [6.07, 6.45) is 2.05. The van der Waals surface area contributed by atoms with Crippen LogP contribution in [0.5, 0.6) is 5.75 Å². The smallest absolute Gasteiger partial charge is 0.220 e. The van der Waals surface area contributed by atoms with Gasteiger partial charge in [0.15, 0.2) is 0 Å². The van der Waals surface area contributed by atoms with Crippen LogP contribution in [0.4, 0.5) is 0 Å². The van der Waals surface area contributed by atoms with Crippen LogP contribution < -0.4 is 10.1 Å². The molecule has 0 fully saturated rings. The Labute approximate surface area is 164 Å². The number of aryl methyl sites for hydroxylation is 2. The first kappa shape index (κ1) is 19.1. The summed E-state index contributed by atoms with van der Waals surface area (Å²) < 4.78 is 5.14. The number of hydrogen-bond donors (Lipinski definition) is 1. The monoisotopic (exact) mass is 380 g/mol. The number of benzene rings is 2. The van der Waals surface area contributed by atoms with E-state index in [0.29, 0.717) is 13.0 Å². The van der Waals surface area contributed by atoms with E-state index >= 15 is 0 Å². The standard InChI is InChI=1S/C22H24N2O2S/c1-16-24-21(15-27-16)19-8-3-18(4-9-19)13-14-23-22(25)12-7-17-5-10-20(26-2)11-6-17/h3-6,8-11,15H,7,12-14H2,1-2H3,(H,23,25). The van der Waals surface area contributed by atoms with Gasteiger partial charge in [-0.3, -0.25) is 4.79 Å². The molecule has 140 valence electrons. The molecule has 0 saturated heterocycles. The van der Waals surface area contributed by atoms with E-state index in [2.05, 4.69) is 39.9 Å². The van der Waals surface area contributed by atoms with Crippen molar-refractivity contribution in [3.63, 3.8) is 0 Å². The van der Waals surface area contributed by atoms with Crippen LogP contribution in [0.15, 0.2) is 53.9 Å². The van der Waals surface area contributed by atoms with Gasteiger partial charge in [0.2, 0.25) is 5.91 Å². The summed E-state index contributed by atoms with van der Waals surface area (Å²) in [5, 5.41) is 6.15. The highest BCUT2D eigenvalue weighted by molar-refractivity contribution is 7.09. The third kappa shape index (κ3) is 5.66. The Bertz CT molecular complexity index is 870.